The summed E-state index contributed by atoms with van der Waals surface area (Å²) in [5.74, 6) is -0.827. The van der Waals surface area contributed by atoms with Gasteiger partial charge in [0.25, 0.3) is 0 Å². The first-order valence-corrected chi connectivity index (χ1v) is 20.3. The Labute approximate surface area is 287 Å². The van der Waals surface area contributed by atoms with Crippen molar-refractivity contribution >= 4 is 19.8 Å². The van der Waals surface area contributed by atoms with E-state index < -0.39 is 26.5 Å². The molecule has 8 nitrogen and oxygen atoms in total. The summed E-state index contributed by atoms with van der Waals surface area (Å²) in [7, 11) is -4.28. The largest absolute Gasteiger partial charge is 0.472 e. The maximum absolute atomic E-state index is 12.5. The number of esters is 2. The Morgan fingerprint density at radius 3 is 1.60 bits per heavy atom. The lowest BCUT2D eigenvalue weighted by molar-refractivity contribution is -0.161. The molecule has 1 N–H and O–H groups in total. The smallest absolute Gasteiger partial charge is 0.462 e. The minimum absolute atomic E-state index is 0.00420. The minimum atomic E-state index is -4.28. The minimum Gasteiger partial charge on any atom is -0.462 e. The molecule has 2 unspecified atom stereocenters. The van der Waals surface area contributed by atoms with Gasteiger partial charge in [-0.2, -0.15) is 0 Å². The molecule has 0 aliphatic carbocycles. The number of hydrogen-bond acceptors (Lipinski definition) is 7. The van der Waals surface area contributed by atoms with Gasteiger partial charge in [-0.1, -0.05) is 121 Å². The van der Waals surface area contributed by atoms with Crippen molar-refractivity contribution in [1.82, 2.24) is 0 Å². The fourth-order valence-electron chi connectivity index (χ4n) is 4.87. The van der Waals surface area contributed by atoms with Gasteiger partial charge < -0.3 is 14.4 Å². The van der Waals surface area contributed by atoms with Gasteiger partial charge in [0.05, 0.1) is 13.2 Å². The monoisotopic (exact) mass is 684 g/mol. The number of phosphoric acid groups is 1. The molecule has 47 heavy (non-hydrogen) atoms. The Morgan fingerprint density at radius 2 is 1.04 bits per heavy atom. The molecule has 274 valence electrons. The standard InChI is InChI=1S/C38H69O8P/c1-4-7-9-11-13-15-17-18-19-20-21-23-25-27-29-31-33-38(40)46-36(35-45-47(41,42)44-6-3)34-43-37(39)32-30-28-26-24-22-16-14-12-10-8-5-2/h12,14-15,17,19-20,36H,4-11,13,16,18,21-35H2,1-3H3,(H,41,42)/b14-12-,17-15-,20-19-. The number of hydrogen-bond donors (Lipinski definition) is 1. The van der Waals surface area contributed by atoms with Crippen LogP contribution >= 0.6 is 7.82 Å². The van der Waals surface area contributed by atoms with Gasteiger partial charge in [-0.05, 0) is 71.1 Å². The summed E-state index contributed by atoms with van der Waals surface area (Å²) in [6.07, 6.45) is 36.2. The second kappa shape index (κ2) is 34.1. The molecule has 0 aromatic rings. The van der Waals surface area contributed by atoms with Gasteiger partial charge in [0.1, 0.15) is 6.61 Å². The van der Waals surface area contributed by atoms with Gasteiger partial charge in [-0.25, -0.2) is 4.57 Å². The van der Waals surface area contributed by atoms with E-state index >= 15 is 0 Å². The summed E-state index contributed by atoms with van der Waals surface area (Å²) < 4.78 is 32.5. The Morgan fingerprint density at radius 1 is 0.574 bits per heavy atom. The fourth-order valence-corrected chi connectivity index (χ4v) is 5.63. The van der Waals surface area contributed by atoms with Crippen LogP contribution < -0.4 is 0 Å². The predicted octanol–water partition coefficient (Wildman–Crippen LogP) is 11.3. The molecule has 0 aliphatic heterocycles. The summed E-state index contributed by atoms with van der Waals surface area (Å²) in [5.41, 5.74) is 0. The normalized spacial score (nSPS) is 13.9. The SMILES string of the molecule is CCCC/C=C\CCCCCCCC(=O)OCC(COP(=O)(O)OCC)OC(=O)CCCCCCC/C=C\C/C=C\CCCCCC. The van der Waals surface area contributed by atoms with Crippen molar-refractivity contribution in [3.8, 4) is 0 Å². The molecule has 2 atom stereocenters. The van der Waals surface area contributed by atoms with Crippen LogP contribution in [0.3, 0.4) is 0 Å². The van der Waals surface area contributed by atoms with E-state index in [2.05, 4.69) is 50.3 Å². The molecule has 0 heterocycles. The number of unbranched alkanes of at least 4 members (excludes halogenated alkanes) is 16. The highest BCUT2D eigenvalue weighted by molar-refractivity contribution is 7.47. The third-order valence-electron chi connectivity index (χ3n) is 7.67. The molecule has 9 heteroatoms. The quantitative estimate of drug-likeness (QED) is 0.0309. The molecule has 0 rings (SSSR count). The molecule has 0 aromatic heterocycles. The molecule has 0 aliphatic rings. The number of carbonyl (C=O) groups excluding carboxylic acids is 2. The van der Waals surface area contributed by atoms with Crippen LogP contribution in [0.5, 0.6) is 0 Å². The average molecular weight is 685 g/mol. The molecule has 0 saturated heterocycles. The van der Waals surface area contributed by atoms with Crippen molar-refractivity contribution in [2.45, 2.75) is 175 Å². The van der Waals surface area contributed by atoms with Crippen LogP contribution in [0.2, 0.25) is 0 Å². The van der Waals surface area contributed by atoms with Crippen molar-refractivity contribution < 1.29 is 37.6 Å². The van der Waals surface area contributed by atoms with Crippen LogP contribution in [0.4, 0.5) is 0 Å². The molecule has 0 spiro atoms. The molecule has 0 fully saturated rings. The van der Waals surface area contributed by atoms with Crippen LogP contribution in [0, 0.1) is 0 Å². The lowest BCUT2D eigenvalue weighted by atomic mass is 10.1. The zero-order chi connectivity index (χ0) is 34.7. The van der Waals surface area contributed by atoms with E-state index in [-0.39, 0.29) is 32.0 Å². The molecule has 0 aromatic carbocycles. The highest BCUT2D eigenvalue weighted by atomic mass is 31.2. The molecular formula is C38H69O8P. The zero-order valence-electron chi connectivity index (χ0n) is 30.2. The molecule has 0 radical (unpaired) electrons. The highest BCUT2D eigenvalue weighted by Crippen LogP contribution is 2.43. The Hall–Kier alpha value is -1.73. The van der Waals surface area contributed by atoms with Crippen molar-refractivity contribution in [2.75, 3.05) is 19.8 Å². The van der Waals surface area contributed by atoms with Crippen LogP contribution in [0.25, 0.3) is 0 Å². The maximum Gasteiger partial charge on any atom is 0.472 e. The Kier molecular flexibility index (Phi) is 32.9. The van der Waals surface area contributed by atoms with Crippen LogP contribution in [0.1, 0.15) is 168 Å². The van der Waals surface area contributed by atoms with E-state index in [1.54, 1.807) is 6.92 Å². The van der Waals surface area contributed by atoms with E-state index in [0.29, 0.717) is 6.42 Å². The summed E-state index contributed by atoms with van der Waals surface area (Å²) >= 11 is 0. The lowest BCUT2D eigenvalue weighted by Crippen LogP contribution is -2.29. The topological polar surface area (TPSA) is 108 Å². The molecular weight excluding hydrogens is 615 g/mol. The van der Waals surface area contributed by atoms with Gasteiger partial charge in [0.2, 0.25) is 0 Å². The third kappa shape index (κ3) is 33.9. The highest BCUT2D eigenvalue weighted by Gasteiger charge is 2.25. The number of carbonyl (C=O) groups is 2. The fraction of sp³-hybridized carbons (Fsp3) is 0.789. The zero-order valence-corrected chi connectivity index (χ0v) is 31.1. The number of allylic oxidation sites excluding steroid dienone is 6. The third-order valence-corrected chi connectivity index (χ3v) is 8.73. The summed E-state index contributed by atoms with van der Waals surface area (Å²) in [4.78, 5) is 34.5. The van der Waals surface area contributed by atoms with E-state index in [9.17, 15) is 19.0 Å². The predicted molar refractivity (Wildman–Crippen MR) is 193 cm³/mol. The maximum atomic E-state index is 12.5. The van der Waals surface area contributed by atoms with Gasteiger partial charge in [-0.3, -0.25) is 18.6 Å². The molecule has 0 amide bonds. The van der Waals surface area contributed by atoms with E-state index in [1.165, 1.54) is 44.9 Å². The van der Waals surface area contributed by atoms with Crippen molar-refractivity contribution in [2.24, 2.45) is 0 Å². The van der Waals surface area contributed by atoms with E-state index in [1.807, 2.05) is 0 Å². The van der Waals surface area contributed by atoms with Crippen molar-refractivity contribution in [3.05, 3.63) is 36.5 Å². The van der Waals surface area contributed by atoms with Crippen molar-refractivity contribution in [3.63, 3.8) is 0 Å². The van der Waals surface area contributed by atoms with Gasteiger partial charge in [0.15, 0.2) is 6.10 Å². The van der Waals surface area contributed by atoms with Crippen LogP contribution in [-0.2, 0) is 32.7 Å². The number of phosphoric ester groups is 1. The molecule has 0 saturated carbocycles. The molecule has 0 bridgehead atoms. The van der Waals surface area contributed by atoms with Gasteiger partial charge in [0, 0.05) is 12.8 Å². The van der Waals surface area contributed by atoms with Gasteiger partial charge >= 0.3 is 19.8 Å². The number of ether oxygens (including phenoxy) is 2. The summed E-state index contributed by atoms with van der Waals surface area (Å²) in [6.45, 7) is 5.37. The van der Waals surface area contributed by atoms with Crippen LogP contribution in [0.15, 0.2) is 36.5 Å². The Bertz CT molecular complexity index is 870. The summed E-state index contributed by atoms with van der Waals surface area (Å²) in [5, 5.41) is 0. The average Bonchev–Trinajstić information content (AvgIpc) is 3.04. The van der Waals surface area contributed by atoms with E-state index in [4.69, 9.17) is 18.5 Å². The Balaban J connectivity index is 4.20. The first kappa shape index (κ1) is 45.3. The second-order valence-corrected chi connectivity index (χ2v) is 13.7. The van der Waals surface area contributed by atoms with Crippen molar-refractivity contribution in [1.29, 1.82) is 0 Å². The second-order valence-electron chi connectivity index (χ2n) is 12.2. The lowest BCUT2D eigenvalue weighted by Gasteiger charge is -2.19. The van der Waals surface area contributed by atoms with Gasteiger partial charge in [-0.15, -0.1) is 0 Å². The first-order valence-electron chi connectivity index (χ1n) is 18.8. The first-order chi connectivity index (χ1) is 22.8. The van der Waals surface area contributed by atoms with E-state index in [0.717, 1.165) is 83.5 Å². The van der Waals surface area contributed by atoms with Crippen LogP contribution in [-0.4, -0.2) is 42.8 Å². The number of rotatable bonds is 34. The summed E-state index contributed by atoms with van der Waals surface area (Å²) in [6, 6.07) is 0.